The SMILES string of the molecule is CC(=O)c1c(O)c(C)c(O)c2c1OC1=CC(=O)C(=C(C)NCc3ccc(OC(C)C)cc3)C(=O)C12C. The van der Waals surface area contributed by atoms with E-state index in [0.29, 0.717) is 12.2 Å². The maximum absolute atomic E-state index is 13.8. The number of phenols is 2. The highest BCUT2D eigenvalue weighted by atomic mass is 16.5. The lowest BCUT2D eigenvalue weighted by Crippen LogP contribution is -2.41. The lowest BCUT2D eigenvalue weighted by atomic mass is 9.70. The minimum Gasteiger partial charge on any atom is -0.507 e. The number of ketones is 3. The van der Waals surface area contributed by atoms with Gasteiger partial charge >= 0.3 is 0 Å². The molecule has 1 heterocycles. The quantitative estimate of drug-likeness (QED) is 0.313. The summed E-state index contributed by atoms with van der Waals surface area (Å²) in [6.07, 6.45) is 1.27. The Morgan fingerprint density at radius 1 is 1.11 bits per heavy atom. The van der Waals surface area contributed by atoms with Gasteiger partial charge in [0.05, 0.1) is 17.2 Å². The van der Waals surface area contributed by atoms with Crippen molar-refractivity contribution in [3.8, 4) is 23.0 Å². The van der Waals surface area contributed by atoms with Crippen LogP contribution in [0.1, 0.15) is 61.7 Å². The number of hydrogen-bond acceptors (Lipinski definition) is 8. The first-order chi connectivity index (χ1) is 16.9. The molecule has 0 saturated heterocycles. The molecule has 2 aromatic rings. The number of carbonyl (C=O) groups excluding carboxylic acids is 3. The molecule has 1 unspecified atom stereocenters. The van der Waals surface area contributed by atoms with Crippen LogP contribution in [0.2, 0.25) is 0 Å². The predicted octanol–water partition coefficient (Wildman–Crippen LogP) is 4.15. The summed E-state index contributed by atoms with van der Waals surface area (Å²) >= 11 is 0. The summed E-state index contributed by atoms with van der Waals surface area (Å²) in [4.78, 5) is 39.1. The highest BCUT2D eigenvalue weighted by Gasteiger charge is 2.56. The van der Waals surface area contributed by atoms with Crippen LogP contribution in [-0.4, -0.2) is 33.7 Å². The van der Waals surface area contributed by atoms with Gasteiger partial charge in [-0.05, 0) is 59.2 Å². The number of carbonyl (C=O) groups is 3. The molecule has 3 N–H and O–H groups in total. The highest BCUT2D eigenvalue weighted by molar-refractivity contribution is 6.31. The first-order valence-electron chi connectivity index (χ1n) is 11.7. The fourth-order valence-corrected chi connectivity index (χ4v) is 4.64. The van der Waals surface area contributed by atoms with Crippen LogP contribution in [0.15, 0.2) is 47.4 Å². The molecule has 2 aliphatic rings. The third kappa shape index (κ3) is 3.82. The lowest BCUT2D eigenvalue weighted by Gasteiger charge is -2.29. The number of Topliss-reactive ketones (excluding diaryl/α,β-unsaturated/α-hetero) is 2. The van der Waals surface area contributed by atoms with Gasteiger partial charge in [-0.15, -0.1) is 0 Å². The van der Waals surface area contributed by atoms with Crippen LogP contribution in [0.5, 0.6) is 23.0 Å². The van der Waals surface area contributed by atoms with Crippen LogP contribution >= 0.6 is 0 Å². The van der Waals surface area contributed by atoms with E-state index in [2.05, 4.69) is 5.32 Å². The highest BCUT2D eigenvalue weighted by Crippen LogP contribution is 2.57. The van der Waals surface area contributed by atoms with Gasteiger partial charge in [-0.25, -0.2) is 0 Å². The molecule has 1 atom stereocenters. The van der Waals surface area contributed by atoms with Crippen LogP contribution < -0.4 is 14.8 Å². The van der Waals surface area contributed by atoms with E-state index in [1.54, 1.807) is 13.8 Å². The van der Waals surface area contributed by atoms with Crippen molar-refractivity contribution in [3.05, 3.63) is 69.6 Å². The van der Waals surface area contributed by atoms with E-state index < -0.39 is 28.5 Å². The van der Waals surface area contributed by atoms with Crippen molar-refractivity contribution in [2.75, 3.05) is 0 Å². The Bertz CT molecular complexity index is 1370. The smallest absolute Gasteiger partial charge is 0.194 e. The molecule has 0 fully saturated rings. The molecule has 0 spiro atoms. The summed E-state index contributed by atoms with van der Waals surface area (Å²) in [5.74, 6) is -1.72. The largest absolute Gasteiger partial charge is 0.507 e. The van der Waals surface area contributed by atoms with E-state index in [1.165, 1.54) is 19.9 Å². The molecule has 0 radical (unpaired) electrons. The molecule has 0 aromatic heterocycles. The topological polar surface area (TPSA) is 122 Å². The summed E-state index contributed by atoms with van der Waals surface area (Å²) in [7, 11) is 0. The molecular formula is C28H29NO7. The summed E-state index contributed by atoms with van der Waals surface area (Å²) in [6.45, 7) is 10.1. The number of benzene rings is 2. The first kappa shape index (κ1) is 25.0. The molecule has 0 saturated carbocycles. The Kier molecular flexibility index (Phi) is 6.16. The van der Waals surface area contributed by atoms with Gasteiger partial charge in [0.1, 0.15) is 39.7 Å². The van der Waals surface area contributed by atoms with Crippen molar-refractivity contribution in [2.24, 2.45) is 0 Å². The van der Waals surface area contributed by atoms with Gasteiger partial charge in [-0.2, -0.15) is 0 Å². The molecule has 2 aromatic carbocycles. The van der Waals surface area contributed by atoms with Crippen molar-refractivity contribution in [1.29, 1.82) is 0 Å². The fourth-order valence-electron chi connectivity index (χ4n) is 4.64. The molecule has 8 heteroatoms. The molecule has 4 rings (SSSR count). The number of rotatable bonds is 6. The van der Waals surface area contributed by atoms with Crippen LogP contribution in [0.25, 0.3) is 0 Å². The third-order valence-electron chi connectivity index (χ3n) is 6.61. The normalized spacial score (nSPS) is 19.9. The molecule has 0 amide bonds. The van der Waals surface area contributed by atoms with E-state index in [1.807, 2.05) is 38.1 Å². The van der Waals surface area contributed by atoms with Gasteiger partial charge in [-0.1, -0.05) is 12.1 Å². The zero-order valence-corrected chi connectivity index (χ0v) is 21.1. The van der Waals surface area contributed by atoms with Crippen molar-refractivity contribution in [3.63, 3.8) is 0 Å². The average Bonchev–Trinajstić information content (AvgIpc) is 3.09. The zero-order chi connectivity index (χ0) is 26.5. The second kappa shape index (κ2) is 8.86. The molecule has 36 heavy (non-hydrogen) atoms. The van der Waals surface area contributed by atoms with E-state index in [9.17, 15) is 24.6 Å². The molecule has 0 bridgehead atoms. The lowest BCUT2D eigenvalue weighted by molar-refractivity contribution is -0.123. The number of allylic oxidation sites excluding steroid dienone is 4. The summed E-state index contributed by atoms with van der Waals surface area (Å²) < 4.78 is 11.4. The number of phenolic OH excluding ortho intramolecular Hbond substituents is 2. The minimum atomic E-state index is -1.54. The molecule has 1 aliphatic carbocycles. The van der Waals surface area contributed by atoms with Crippen molar-refractivity contribution in [1.82, 2.24) is 5.32 Å². The monoisotopic (exact) mass is 491 g/mol. The Labute approximate surface area is 209 Å². The second-order valence-electron chi connectivity index (χ2n) is 9.55. The summed E-state index contributed by atoms with van der Waals surface area (Å²) in [5, 5.41) is 24.5. The average molecular weight is 492 g/mol. The van der Waals surface area contributed by atoms with Gasteiger partial charge < -0.3 is 25.0 Å². The predicted molar refractivity (Wildman–Crippen MR) is 132 cm³/mol. The van der Waals surface area contributed by atoms with E-state index in [-0.39, 0.29) is 45.6 Å². The molecule has 8 nitrogen and oxygen atoms in total. The Morgan fingerprint density at radius 3 is 2.33 bits per heavy atom. The molecule has 188 valence electrons. The Balaban J connectivity index is 1.71. The van der Waals surface area contributed by atoms with Crippen molar-refractivity contribution in [2.45, 2.75) is 59.6 Å². The van der Waals surface area contributed by atoms with Crippen molar-refractivity contribution >= 4 is 17.3 Å². The Hall–Kier alpha value is -4.07. The van der Waals surface area contributed by atoms with E-state index in [0.717, 1.165) is 11.3 Å². The zero-order valence-electron chi connectivity index (χ0n) is 21.1. The van der Waals surface area contributed by atoms with Crippen LogP contribution in [0.3, 0.4) is 0 Å². The van der Waals surface area contributed by atoms with Gasteiger partial charge in [0, 0.05) is 23.9 Å². The van der Waals surface area contributed by atoms with Gasteiger partial charge in [0.15, 0.2) is 17.3 Å². The standard InChI is InChI=1S/C28H29NO7/c1-13(2)35-18-9-7-17(8-10-18)12-29-15(4)21-19(31)11-20-28(6,27(21)34)23-25(33)14(3)24(32)22(16(5)30)26(23)36-20/h7-11,13,29,32-33H,12H2,1-6H3. The number of aromatic hydroxyl groups is 2. The minimum absolute atomic E-state index is 0.00703. The van der Waals surface area contributed by atoms with E-state index >= 15 is 0 Å². The molecular weight excluding hydrogens is 462 g/mol. The summed E-state index contributed by atoms with van der Waals surface area (Å²) in [5.41, 5.74) is -0.315. The van der Waals surface area contributed by atoms with Crippen molar-refractivity contribution < 1.29 is 34.1 Å². The fraction of sp³-hybridized carbons (Fsp3) is 0.321. The van der Waals surface area contributed by atoms with Crippen LogP contribution in [0.4, 0.5) is 0 Å². The molecule has 1 aliphatic heterocycles. The van der Waals surface area contributed by atoms with Crippen LogP contribution in [0, 0.1) is 6.92 Å². The maximum atomic E-state index is 13.8. The number of fused-ring (bicyclic) bond motifs is 3. The van der Waals surface area contributed by atoms with Crippen LogP contribution in [-0.2, 0) is 21.5 Å². The van der Waals surface area contributed by atoms with E-state index in [4.69, 9.17) is 9.47 Å². The summed E-state index contributed by atoms with van der Waals surface area (Å²) in [6, 6.07) is 7.49. The van der Waals surface area contributed by atoms with Gasteiger partial charge in [0.2, 0.25) is 0 Å². The first-order valence-corrected chi connectivity index (χ1v) is 11.7. The van der Waals surface area contributed by atoms with Gasteiger partial charge in [-0.3, -0.25) is 14.4 Å². The Morgan fingerprint density at radius 2 is 1.75 bits per heavy atom. The maximum Gasteiger partial charge on any atom is 0.194 e. The second-order valence-corrected chi connectivity index (χ2v) is 9.55. The van der Waals surface area contributed by atoms with Gasteiger partial charge in [0.25, 0.3) is 0 Å². The number of nitrogens with one attached hydrogen (secondary N) is 1. The third-order valence-corrected chi connectivity index (χ3v) is 6.61. The number of hydrogen-bond donors (Lipinski definition) is 3. The number of ether oxygens (including phenoxy) is 2.